The third-order valence-electron chi connectivity index (χ3n) is 5.05. The Bertz CT molecular complexity index is 735. The fourth-order valence-corrected chi connectivity index (χ4v) is 5.48. The molecule has 1 aromatic rings. The van der Waals surface area contributed by atoms with Crippen LogP contribution in [0.4, 0.5) is 0 Å². The molecule has 4 heteroatoms. The second kappa shape index (κ2) is 8.48. The highest BCUT2D eigenvalue weighted by Crippen LogP contribution is 2.46. The lowest BCUT2D eigenvalue weighted by molar-refractivity contribution is 0.415. The highest BCUT2D eigenvalue weighted by atomic mass is 35.5. The van der Waals surface area contributed by atoms with Gasteiger partial charge in [0.1, 0.15) is 5.76 Å². The lowest BCUT2D eigenvalue weighted by atomic mass is 9.83. The Balaban J connectivity index is 1.97. The van der Waals surface area contributed by atoms with E-state index in [9.17, 15) is 5.11 Å². The molecule has 2 aliphatic carbocycles. The van der Waals surface area contributed by atoms with Crippen molar-refractivity contribution in [3.63, 3.8) is 0 Å². The molecule has 3 N–H and O–H groups in total. The van der Waals surface area contributed by atoms with Crippen molar-refractivity contribution in [1.82, 2.24) is 0 Å². The van der Waals surface area contributed by atoms with Gasteiger partial charge in [0.15, 0.2) is 0 Å². The van der Waals surface area contributed by atoms with Crippen LogP contribution in [0.15, 0.2) is 57.7 Å². The van der Waals surface area contributed by atoms with E-state index >= 15 is 0 Å². The van der Waals surface area contributed by atoms with Crippen molar-refractivity contribution in [2.75, 3.05) is 6.54 Å². The fourth-order valence-electron chi connectivity index (χ4n) is 3.75. The van der Waals surface area contributed by atoms with Gasteiger partial charge in [0, 0.05) is 22.4 Å². The number of allylic oxidation sites excluding steroid dienone is 4. The third kappa shape index (κ3) is 4.16. The van der Waals surface area contributed by atoms with E-state index in [1.54, 1.807) is 0 Å². The summed E-state index contributed by atoms with van der Waals surface area (Å²) in [5.41, 5.74) is 10.8. The van der Waals surface area contributed by atoms with Crippen LogP contribution in [0.2, 0.25) is 5.02 Å². The van der Waals surface area contributed by atoms with Crippen LogP contribution in [0.1, 0.15) is 56.3 Å². The number of fused-ring (bicyclic) bond motifs is 1. The quantitative estimate of drug-likeness (QED) is 0.635. The van der Waals surface area contributed by atoms with Gasteiger partial charge in [-0.3, -0.25) is 0 Å². The average Bonchev–Trinajstić information content (AvgIpc) is 2.61. The summed E-state index contributed by atoms with van der Waals surface area (Å²) in [6, 6.07) is 8.10. The molecule has 25 heavy (non-hydrogen) atoms. The summed E-state index contributed by atoms with van der Waals surface area (Å²) in [7, 11) is 0. The molecule has 0 heterocycles. The zero-order valence-electron chi connectivity index (χ0n) is 14.7. The molecule has 0 saturated heterocycles. The van der Waals surface area contributed by atoms with E-state index in [4.69, 9.17) is 17.3 Å². The van der Waals surface area contributed by atoms with Gasteiger partial charge in [0.05, 0.1) is 0 Å². The summed E-state index contributed by atoms with van der Waals surface area (Å²) in [4.78, 5) is 1.44. The van der Waals surface area contributed by atoms with Gasteiger partial charge in [-0.1, -0.05) is 29.8 Å². The maximum atomic E-state index is 10.4. The summed E-state index contributed by atoms with van der Waals surface area (Å²) < 4.78 is 0. The van der Waals surface area contributed by atoms with E-state index in [0.717, 1.165) is 36.3 Å². The molecule has 1 aromatic carbocycles. The lowest BCUT2D eigenvalue weighted by Gasteiger charge is -2.28. The Hall–Kier alpha value is -1.16. The first-order chi connectivity index (χ1) is 12.1. The van der Waals surface area contributed by atoms with Crippen LogP contribution in [0.25, 0.3) is 0 Å². The molecule has 0 amide bonds. The molecule has 1 atom stereocenters. The van der Waals surface area contributed by atoms with Crippen molar-refractivity contribution in [3.05, 3.63) is 68.3 Å². The van der Waals surface area contributed by atoms with E-state index in [2.05, 4.69) is 13.0 Å². The van der Waals surface area contributed by atoms with E-state index in [1.165, 1.54) is 34.5 Å². The smallest absolute Gasteiger partial charge is 0.116 e. The summed E-state index contributed by atoms with van der Waals surface area (Å²) >= 11 is 8.32. The van der Waals surface area contributed by atoms with Crippen molar-refractivity contribution in [2.24, 2.45) is 5.73 Å². The molecule has 2 nitrogen and oxygen atoms in total. The minimum atomic E-state index is 0.303. The van der Waals surface area contributed by atoms with Crippen molar-refractivity contribution in [1.29, 1.82) is 0 Å². The Morgan fingerprint density at radius 1 is 1.16 bits per heavy atom. The number of thioether (sulfide) groups is 1. The number of aliphatic hydroxyl groups is 1. The zero-order chi connectivity index (χ0) is 17.8. The molecular weight excluding hydrogens is 350 g/mol. The monoisotopic (exact) mass is 375 g/mol. The predicted molar refractivity (Wildman–Crippen MR) is 109 cm³/mol. The first-order valence-corrected chi connectivity index (χ1v) is 10.3. The second-order valence-electron chi connectivity index (χ2n) is 6.68. The van der Waals surface area contributed by atoms with E-state index in [-0.39, 0.29) is 0 Å². The van der Waals surface area contributed by atoms with Crippen molar-refractivity contribution in [2.45, 2.75) is 50.7 Å². The summed E-state index contributed by atoms with van der Waals surface area (Å²) in [6.07, 6.45) is 8.25. The Morgan fingerprint density at radius 3 is 2.60 bits per heavy atom. The molecular formula is C21H26ClNOS. The Morgan fingerprint density at radius 2 is 1.88 bits per heavy atom. The maximum Gasteiger partial charge on any atom is 0.116 e. The van der Waals surface area contributed by atoms with Crippen LogP contribution >= 0.6 is 23.4 Å². The lowest BCUT2D eigenvalue weighted by Crippen LogP contribution is -2.14. The number of nitrogens with two attached hydrogens (primary N) is 1. The molecule has 1 fully saturated rings. The first kappa shape index (κ1) is 18.6. The zero-order valence-corrected chi connectivity index (χ0v) is 16.3. The molecule has 3 rings (SSSR count). The van der Waals surface area contributed by atoms with Crippen LogP contribution in [0, 0.1) is 0 Å². The van der Waals surface area contributed by atoms with Crippen LogP contribution in [-0.4, -0.2) is 11.7 Å². The summed E-state index contributed by atoms with van der Waals surface area (Å²) in [5, 5.41) is 11.5. The van der Waals surface area contributed by atoms with Crippen LogP contribution < -0.4 is 5.73 Å². The topological polar surface area (TPSA) is 46.2 Å². The SMILES string of the molecule is CC(S\C1=C2/CCCC/C2=C(CN)/C(O)=C\CC1)c1ccccc1Cl. The molecule has 0 bridgehead atoms. The molecule has 2 aliphatic rings. The molecule has 134 valence electrons. The predicted octanol–water partition coefficient (Wildman–Crippen LogP) is 6.45. The van der Waals surface area contributed by atoms with Gasteiger partial charge < -0.3 is 10.8 Å². The van der Waals surface area contributed by atoms with Gasteiger partial charge in [-0.05, 0) is 79.2 Å². The van der Waals surface area contributed by atoms with Crippen LogP contribution in [-0.2, 0) is 0 Å². The van der Waals surface area contributed by atoms with E-state index in [0.29, 0.717) is 17.6 Å². The molecule has 0 aliphatic heterocycles. The van der Waals surface area contributed by atoms with Gasteiger partial charge in [-0.25, -0.2) is 0 Å². The summed E-state index contributed by atoms with van der Waals surface area (Å²) in [5.74, 6) is 0.389. The van der Waals surface area contributed by atoms with E-state index < -0.39 is 0 Å². The van der Waals surface area contributed by atoms with Crippen LogP contribution in [0.5, 0.6) is 0 Å². The third-order valence-corrected chi connectivity index (χ3v) is 6.74. The Kier molecular flexibility index (Phi) is 6.32. The maximum absolute atomic E-state index is 10.4. The number of rotatable bonds is 4. The highest BCUT2D eigenvalue weighted by Gasteiger charge is 2.24. The summed E-state index contributed by atoms with van der Waals surface area (Å²) in [6.45, 7) is 2.63. The average molecular weight is 376 g/mol. The molecule has 0 spiro atoms. The minimum absolute atomic E-state index is 0.303. The Labute approximate surface area is 159 Å². The number of aliphatic hydroxyl groups excluding tert-OH is 1. The van der Waals surface area contributed by atoms with E-state index in [1.807, 2.05) is 36.0 Å². The first-order valence-electron chi connectivity index (χ1n) is 9.07. The highest BCUT2D eigenvalue weighted by molar-refractivity contribution is 8.03. The fraction of sp³-hybridized carbons (Fsp3) is 0.429. The second-order valence-corrected chi connectivity index (χ2v) is 8.52. The number of halogens is 1. The molecule has 1 unspecified atom stereocenters. The van der Waals surface area contributed by atoms with Crippen molar-refractivity contribution < 1.29 is 5.11 Å². The van der Waals surface area contributed by atoms with Gasteiger partial charge in [0.2, 0.25) is 0 Å². The van der Waals surface area contributed by atoms with Gasteiger partial charge in [-0.2, -0.15) is 0 Å². The number of benzene rings is 1. The van der Waals surface area contributed by atoms with Gasteiger partial charge in [-0.15, -0.1) is 11.8 Å². The molecule has 0 radical (unpaired) electrons. The standard InChI is InChI=1S/C21H26ClNOS/c1-14(15-7-4-5-10-19(15)22)25-21-12-6-11-20(24)18(13-23)16-8-2-3-9-17(16)21/h4-5,7,10-11,14,24H,2-3,6,8-9,12-13,23H2,1H3/b18-16-,20-11+,21-17+. The largest absolute Gasteiger partial charge is 0.508 e. The van der Waals surface area contributed by atoms with Crippen LogP contribution in [0.3, 0.4) is 0 Å². The van der Waals surface area contributed by atoms with Gasteiger partial charge >= 0.3 is 0 Å². The van der Waals surface area contributed by atoms with Crippen molar-refractivity contribution >= 4 is 23.4 Å². The number of hydrogen-bond donors (Lipinski definition) is 2. The molecule has 0 aromatic heterocycles. The number of hydrogen-bond acceptors (Lipinski definition) is 3. The normalized spacial score (nSPS) is 27.7. The van der Waals surface area contributed by atoms with Gasteiger partial charge in [0.25, 0.3) is 0 Å². The minimum Gasteiger partial charge on any atom is -0.508 e. The molecule has 1 saturated carbocycles. The van der Waals surface area contributed by atoms with Crippen molar-refractivity contribution in [3.8, 4) is 0 Å².